The normalized spacial score (nSPS) is 12.4. The van der Waals surface area contributed by atoms with Gasteiger partial charge in [0, 0.05) is 19.4 Å². The average Bonchev–Trinajstić information content (AvgIpc) is 2.51. The minimum atomic E-state index is -4.82. The van der Waals surface area contributed by atoms with Gasteiger partial charge in [-0.1, -0.05) is 12.1 Å². The molecule has 1 rings (SSSR count). The van der Waals surface area contributed by atoms with Crippen LogP contribution < -0.4 is 10.1 Å². The van der Waals surface area contributed by atoms with Gasteiger partial charge in [-0.05, 0) is 31.0 Å². The Hall–Kier alpha value is -2.29. The zero-order chi connectivity index (χ0) is 18.9. The molecule has 2 N–H and O–H groups in total. The first-order chi connectivity index (χ1) is 11.7. The van der Waals surface area contributed by atoms with Crippen LogP contribution in [-0.2, 0) is 20.7 Å². The molecule has 9 heteroatoms. The van der Waals surface area contributed by atoms with E-state index in [4.69, 9.17) is 9.84 Å². The van der Waals surface area contributed by atoms with Gasteiger partial charge >= 0.3 is 12.3 Å². The van der Waals surface area contributed by atoms with Crippen molar-refractivity contribution in [1.82, 2.24) is 5.32 Å². The van der Waals surface area contributed by atoms with E-state index in [9.17, 15) is 22.8 Å². The molecule has 1 aromatic rings. The van der Waals surface area contributed by atoms with Gasteiger partial charge in [0.2, 0.25) is 5.91 Å². The van der Waals surface area contributed by atoms with Crippen molar-refractivity contribution in [3.05, 3.63) is 29.8 Å². The molecule has 0 aromatic heterocycles. The molecule has 1 atom stereocenters. The molecular weight excluding hydrogens is 343 g/mol. The van der Waals surface area contributed by atoms with E-state index in [1.807, 2.05) is 0 Å². The lowest BCUT2D eigenvalue weighted by molar-refractivity contribution is -0.274. The molecule has 0 fully saturated rings. The molecule has 0 saturated heterocycles. The first-order valence-corrected chi connectivity index (χ1v) is 7.66. The van der Waals surface area contributed by atoms with Gasteiger partial charge in [-0.2, -0.15) is 0 Å². The van der Waals surface area contributed by atoms with E-state index in [-0.39, 0.29) is 32.5 Å². The third kappa shape index (κ3) is 8.39. The van der Waals surface area contributed by atoms with E-state index >= 15 is 0 Å². The summed E-state index contributed by atoms with van der Waals surface area (Å²) in [4.78, 5) is 23.7. The van der Waals surface area contributed by atoms with Crippen LogP contribution in [0.1, 0.15) is 25.3 Å². The number of nitrogens with one attached hydrogen (secondary N) is 1. The van der Waals surface area contributed by atoms with Gasteiger partial charge in [0.05, 0.1) is 6.61 Å². The predicted octanol–water partition coefficient (Wildman–Crippen LogP) is 1.95. The second-order valence-electron chi connectivity index (χ2n) is 5.10. The number of aliphatic hydroxyl groups is 1. The number of esters is 1. The summed E-state index contributed by atoms with van der Waals surface area (Å²) in [6.07, 6.45) is -4.63. The zero-order valence-electron chi connectivity index (χ0n) is 13.6. The van der Waals surface area contributed by atoms with Crippen LogP contribution >= 0.6 is 0 Å². The lowest BCUT2D eigenvalue weighted by atomic mass is 10.1. The number of amides is 1. The molecule has 0 saturated carbocycles. The number of aliphatic hydroxyl groups excluding tert-OH is 1. The smallest absolute Gasteiger partial charge is 0.464 e. The number of rotatable bonds is 9. The summed E-state index contributed by atoms with van der Waals surface area (Å²) in [5.74, 6) is -1.57. The molecular formula is C16H20F3NO5. The molecule has 1 aromatic carbocycles. The summed E-state index contributed by atoms with van der Waals surface area (Å²) >= 11 is 0. The van der Waals surface area contributed by atoms with E-state index in [0.29, 0.717) is 5.56 Å². The number of carbonyl (C=O) groups excluding carboxylic acids is 2. The summed E-state index contributed by atoms with van der Waals surface area (Å²) in [7, 11) is 0. The van der Waals surface area contributed by atoms with Gasteiger partial charge in [0.25, 0.3) is 0 Å². The molecule has 1 amide bonds. The molecule has 6 nitrogen and oxygen atoms in total. The van der Waals surface area contributed by atoms with Gasteiger partial charge < -0.3 is 19.9 Å². The number of hydrogen-bond donors (Lipinski definition) is 2. The lowest BCUT2D eigenvalue weighted by Gasteiger charge is -2.18. The number of alkyl halides is 3. The summed E-state index contributed by atoms with van der Waals surface area (Å²) in [6.45, 7) is 1.52. The summed E-state index contributed by atoms with van der Waals surface area (Å²) < 4.78 is 45.6. The van der Waals surface area contributed by atoms with E-state index in [1.54, 1.807) is 6.92 Å². The first kappa shape index (κ1) is 20.8. The van der Waals surface area contributed by atoms with Crippen LogP contribution in [0.3, 0.4) is 0 Å². The van der Waals surface area contributed by atoms with E-state index < -0.39 is 30.0 Å². The maximum Gasteiger partial charge on any atom is 0.573 e. The number of benzene rings is 1. The van der Waals surface area contributed by atoms with E-state index in [0.717, 1.165) is 12.1 Å². The highest BCUT2D eigenvalue weighted by molar-refractivity contribution is 5.84. The molecule has 0 spiro atoms. The second-order valence-corrected chi connectivity index (χ2v) is 5.10. The van der Waals surface area contributed by atoms with E-state index in [1.165, 1.54) is 12.1 Å². The maximum atomic E-state index is 12.3. The third-order valence-electron chi connectivity index (χ3n) is 3.04. The predicted molar refractivity (Wildman–Crippen MR) is 81.7 cm³/mol. The molecule has 0 radical (unpaired) electrons. The fourth-order valence-corrected chi connectivity index (χ4v) is 2.05. The topological polar surface area (TPSA) is 84.9 Å². The van der Waals surface area contributed by atoms with Gasteiger partial charge in [0.1, 0.15) is 11.8 Å². The highest BCUT2D eigenvalue weighted by Gasteiger charge is 2.31. The second kappa shape index (κ2) is 9.87. The van der Waals surface area contributed by atoms with Crippen molar-refractivity contribution in [3.8, 4) is 5.75 Å². The Balaban J connectivity index is 2.84. The Morgan fingerprint density at radius 1 is 1.32 bits per heavy atom. The molecule has 0 aliphatic carbocycles. The molecule has 0 aliphatic rings. The maximum absolute atomic E-state index is 12.3. The first-order valence-electron chi connectivity index (χ1n) is 7.66. The number of halogens is 3. The molecule has 0 bridgehead atoms. The molecule has 140 valence electrons. The van der Waals surface area contributed by atoms with Gasteiger partial charge in [-0.15, -0.1) is 13.2 Å². The summed E-state index contributed by atoms with van der Waals surface area (Å²) in [5, 5.41) is 11.2. The zero-order valence-corrected chi connectivity index (χ0v) is 13.6. The average molecular weight is 363 g/mol. The lowest BCUT2D eigenvalue weighted by Crippen LogP contribution is -2.43. The molecule has 0 heterocycles. The molecule has 0 aliphatic heterocycles. The van der Waals surface area contributed by atoms with Crippen molar-refractivity contribution in [3.63, 3.8) is 0 Å². The quantitative estimate of drug-likeness (QED) is 0.655. The summed E-state index contributed by atoms with van der Waals surface area (Å²) in [5.41, 5.74) is 0.363. The summed E-state index contributed by atoms with van der Waals surface area (Å²) in [6, 6.07) is 4.09. The SMILES string of the molecule is CCOC(=O)[C@H](Cc1cccc(OC(F)(F)F)c1)NC(=O)CCCO. The monoisotopic (exact) mass is 363 g/mol. The van der Waals surface area contributed by atoms with Crippen LogP contribution in [0.25, 0.3) is 0 Å². The minimum Gasteiger partial charge on any atom is -0.464 e. The molecule has 25 heavy (non-hydrogen) atoms. The Morgan fingerprint density at radius 3 is 2.64 bits per heavy atom. The Morgan fingerprint density at radius 2 is 2.04 bits per heavy atom. The van der Waals surface area contributed by atoms with Gasteiger partial charge in [-0.25, -0.2) is 4.79 Å². The standard InChI is InChI=1S/C16H20F3NO5/c1-2-24-15(23)13(20-14(22)7-4-8-21)10-11-5-3-6-12(9-11)25-16(17,18)19/h3,5-6,9,13,21H,2,4,7-8,10H2,1H3,(H,20,22)/t13-/m0/s1. The van der Waals surface area contributed by atoms with Crippen molar-refractivity contribution in [2.24, 2.45) is 0 Å². The van der Waals surface area contributed by atoms with Crippen LogP contribution in [-0.4, -0.2) is 42.6 Å². The van der Waals surface area contributed by atoms with Crippen molar-refractivity contribution in [2.45, 2.75) is 38.6 Å². The van der Waals surface area contributed by atoms with Crippen molar-refractivity contribution in [1.29, 1.82) is 0 Å². The fourth-order valence-electron chi connectivity index (χ4n) is 2.05. The minimum absolute atomic E-state index is 0.0175. The van der Waals surface area contributed by atoms with Crippen LogP contribution in [0, 0.1) is 0 Å². The Bertz CT molecular complexity index is 577. The number of ether oxygens (including phenoxy) is 2. The Kier molecular flexibility index (Phi) is 8.20. The van der Waals surface area contributed by atoms with Crippen LogP contribution in [0.15, 0.2) is 24.3 Å². The van der Waals surface area contributed by atoms with E-state index in [2.05, 4.69) is 10.1 Å². The largest absolute Gasteiger partial charge is 0.573 e. The van der Waals surface area contributed by atoms with Crippen molar-refractivity contribution >= 4 is 11.9 Å². The highest BCUT2D eigenvalue weighted by Crippen LogP contribution is 2.23. The van der Waals surface area contributed by atoms with Crippen LogP contribution in [0.5, 0.6) is 5.75 Å². The Labute approximate surface area is 142 Å². The fraction of sp³-hybridized carbons (Fsp3) is 0.500. The number of carbonyl (C=O) groups is 2. The van der Waals surface area contributed by atoms with Crippen LogP contribution in [0.4, 0.5) is 13.2 Å². The van der Waals surface area contributed by atoms with Crippen molar-refractivity contribution < 1.29 is 37.3 Å². The van der Waals surface area contributed by atoms with Crippen LogP contribution in [0.2, 0.25) is 0 Å². The van der Waals surface area contributed by atoms with Gasteiger partial charge in [-0.3, -0.25) is 4.79 Å². The highest BCUT2D eigenvalue weighted by atomic mass is 19.4. The number of hydrogen-bond acceptors (Lipinski definition) is 5. The third-order valence-corrected chi connectivity index (χ3v) is 3.04. The van der Waals surface area contributed by atoms with Gasteiger partial charge in [0.15, 0.2) is 0 Å². The van der Waals surface area contributed by atoms with Crippen molar-refractivity contribution in [2.75, 3.05) is 13.2 Å². The molecule has 0 unspecified atom stereocenters.